The van der Waals surface area contributed by atoms with E-state index in [1.807, 2.05) is 0 Å². The lowest BCUT2D eigenvalue weighted by Gasteiger charge is -2.33. The number of amides is 1. The fourth-order valence-electron chi connectivity index (χ4n) is 3.78. The molecule has 0 spiro atoms. The summed E-state index contributed by atoms with van der Waals surface area (Å²) >= 11 is 0. The van der Waals surface area contributed by atoms with Gasteiger partial charge in [0.05, 0.1) is 12.0 Å². The average Bonchev–Trinajstić information content (AvgIpc) is 2.62. The molecule has 8 heteroatoms. The lowest BCUT2D eigenvalue weighted by atomic mass is 9.91. The van der Waals surface area contributed by atoms with Gasteiger partial charge in [0.15, 0.2) is 0 Å². The maximum Gasteiger partial charge on any atom is 0.246 e. The van der Waals surface area contributed by atoms with Gasteiger partial charge in [-0.2, -0.15) is 4.31 Å². The van der Waals surface area contributed by atoms with Crippen molar-refractivity contribution in [3.8, 4) is 0 Å². The van der Waals surface area contributed by atoms with Gasteiger partial charge in [-0.15, -0.1) is 0 Å². The second kappa shape index (κ2) is 8.02. The molecular formula is C18H25FN2O4S. The van der Waals surface area contributed by atoms with E-state index in [-0.39, 0.29) is 29.9 Å². The van der Waals surface area contributed by atoms with Crippen LogP contribution in [0.5, 0.6) is 0 Å². The fraction of sp³-hybridized carbons (Fsp3) is 0.611. The number of carbonyl (C=O) groups excluding carboxylic acids is 1. The molecule has 3 atom stereocenters. The molecule has 0 radical (unpaired) electrons. The number of halogens is 1. The lowest BCUT2D eigenvalue weighted by Crippen LogP contribution is -2.48. The van der Waals surface area contributed by atoms with Crippen LogP contribution in [0.2, 0.25) is 0 Å². The largest absolute Gasteiger partial charge is 0.393 e. The fourth-order valence-corrected chi connectivity index (χ4v) is 5.37. The number of hydrogen-bond acceptors (Lipinski definition) is 4. The van der Waals surface area contributed by atoms with E-state index in [0.29, 0.717) is 19.3 Å². The van der Waals surface area contributed by atoms with Crippen LogP contribution in [0.25, 0.3) is 0 Å². The van der Waals surface area contributed by atoms with Crippen LogP contribution in [0.3, 0.4) is 0 Å². The molecule has 3 rings (SSSR count). The van der Waals surface area contributed by atoms with E-state index in [1.165, 1.54) is 22.5 Å². The Morgan fingerprint density at radius 2 is 1.96 bits per heavy atom. The van der Waals surface area contributed by atoms with E-state index in [0.717, 1.165) is 25.3 Å². The van der Waals surface area contributed by atoms with Crippen LogP contribution in [0.15, 0.2) is 29.2 Å². The van der Waals surface area contributed by atoms with Gasteiger partial charge in [-0.25, -0.2) is 12.8 Å². The van der Waals surface area contributed by atoms with Crippen molar-refractivity contribution < 1.29 is 22.7 Å². The highest BCUT2D eigenvalue weighted by Crippen LogP contribution is 2.26. The van der Waals surface area contributed by atoms with E-state index in [4.69, 9.17) is 0 Å². The minimum Gasteiger partial charge on any atom is -0.393 e. The predicted molar refractivity (Wildman–Crippen MR) is 94.3 cm³/mol. The molecule has 1 aliphatic carbocycles. The summed E-state index contributed by atoms with van der Waals surface area (Å²) in [6.07, 6.45) is 3.75. The second-order valence-electron chi connectivity index (χ2n) is 7.16. The van der Waals surface area contributed by atoms with Gasteiger partial charge in [-0.05, 0) is 50.7 Å². The summed E-state index contributed by atoms with van der Waals surface area (Å²) in [7, 11) is -3.96. The number of nitrogens with zero attached hydrogens (tertiary/aromatic N) is 1. The molecule has 0 aromatic heterocycles. The summed E-state index contributed by atoms with van der Waals surface area (Å²) < 4.78 is 40.6. The van der Waals surface area contributed by atoms with E-state index in [9.17, 15) is 22.7 Å². The zero-order valence-electron chi connectivity index (χ0n) is 14.6. The van der Waals surface area contributed by atoms with Crippen LogP contribution in [0.1, 0.15) is 38.5 Å². The SMILES string of the molecule is O=C(NC1CCCC(O)C1)C1CCCN(S(=O)(=O)c2ccccc2F)C1. The first-order valence-electron chi connectivity index (χ1n) is 9.11. The van der Waals surface area contributed by atoms with Gasteiger partial charge in [-0.1, -0.05) is 12.1 Å². The average molecular weight is 384 g/mol. The Morgan fingerprint density at radius 3 is 2.69 bits per heavy atom. The summed E-state index contributed by atoms with van der Waals surface area (Å²) in [4.78, 5) is 12.2. The first-order valence-corrected chi connectivity index (χ1v) is 10.5. The van der Waals surface area contributed by atoms with Crippen LogP contribution >= 0.6 is 0 Å². The molecule has 1 aromatic carbocycles. The zero-order valence-corrected chi connectivity index (χ0v) is 15.4. The highest BCUT2D eigenvalue weighted by molar-refractivity contribution is 7.89. The van der Waals surface area contributed by atoms with Crippen molar-refractivity contribution in [1.29, 1.82) is 0 Å². The molecule has 3 unspecified atom stereocenters. The normalized spacial score (nSPS) is 27.8. The van der Waals surface area contributed by atoms with E-state index >= 15 is 0 Å². The zero-order chi connectivity index (χ0) is 18.7. The molecule has 1 saturated heterocycles. The van der Waals surface area contributed by atoms with Crippen LogP contribution < -0.4 is 5.32 Å². The Balaban J connectivity index is 1.67. The molecule has 1 saturated carbocycles. The van der Waals surface area contributed by atoms with Gasteiger partial charge in [-0.3, -0.25) is 4.79 Å². The van der Waals surface area contributed by atoms with Crippen molar-refractivity contribution in [1.82, 2.24) is 9.62 Å². The molecule has 1 heterocycles. The number of aliphatic hydroxyl groups excluding tert-OH is 1. The molecule has 6 nitrogen and oxygen atoms in total. The van der Waals surface area contributed by atoms with E-state index in [2.05, 4.69) is 5.32 Å². The highest BCUT2D eigenvalue weighted by atomic mass is 32.2. The third-order valence-corrected chi connectivity index (χ3v) is 7.10. The van der Waals surface area contributed by atoms with Crippen LogP contribution in [0.4, 0.5) is 4.39 Å². The van der Waals surface area contributed by atoms with Crippen molar-refractivity contribution in [3.05, 3.63) is 30.1 Å². The highest BCUT2D eigenvalue weighted by Gasteiger charge is 2.35. The van der Waals surface area contributed by atoms with Gasteiger partial charge in [0.2, 0.25) is 15.9 Å². The number of aliphatic hydroxyl groups is 1. The van der Waals surface area contributed by atoms with E-state index < -0.39 is 27.9 Å². The van der Waals surface area contributed by atoms with Gasteiger partial charge in [0, 0.05) is 19.1 Å². The Kier molecular flexibility index (Phi) is 5.94. The summed E-state index contributed by atoms with van der Waals surface area (Å²) in [5.41, 5.74) is 0. The Hall–Kier alpha value is -1.51. The Morgan fingerprint density at radius 1 is 1.19 bits per heavy atom. The van der Waals surface area contributed by atoms with Crippen LogP contribution in [0, 0.1) is 11.7 Å². The summed E-state index contributed by atoms with van der Waals surface area (Å²) in [5, 5.41) is 12.7. The topological polar surface area (TPSA) is 86.7 Å². The maximum absolute atomic E-state index is 13.9. The molecular weight excluding hydrogens is 359 g/mol. The number of carbonyl (C=O) groups is 1. The van der Waals surface area contributed by atoms with Crippen molar-refractivity contribution in [2.75, 3.05) is 13.1 Å². The Bertz CT molecular complexity index is 755. The van der Waals surface area contributed by atoms with Crippen LogP contribution in [-0.2, 0) is 14.8 Å². The minimum absolute atomic E-state index is 0.0533. The molecule has 2 aliphatic rings. The minimum atomic E-state index is -3.96. The van der Waals surface area contributed by atoms with Crippen LogP contribution in [-0.4, -0.2) is 49.0 Å². The van der Waals surface area contributed by atoms with Crippen molar-refractivity contribution >= 4 is 15.9 Å². The molecule has 0 bridgehead atoms. The van der Waals surface area contributed by atoms with E-state index in [1.54, 1.807) is 0 Å². The van der Waals surface area contributed by atoms with Gasteiger partial charge in [0.1, 0.15) is 10.7 Å². The standard InChI is InChI=1S/C18H25FN2O4S/c19-16-8-1-2-9-17(16)26(24,25)21-10-4-5-13(12-21)18(23)20-14-6-3-7-15(22)11-14/h1-2,8-9,13-15,22H,3-7,10-12H2,(H,20,23). The van der Waals surface area contributed by atoms with Crippen molar-refractivity contribution in [2.45, 2.75) is 55.6 Å². The quantitative estimate of drug-likeness (QED) is 0.826. The van der Waals surface area contributed by atoms with Gasteiger partial charge >= 0.3 is 0 Å². The molecule has 144 valence electrons. The molecule has 2 N–H and O–H groups in total. The molecule has 26 heavy (non-hydrogen) atoms. The monoisotopic (exact) mass is 384 g/mol. The number of rotatable bonds is 4. The molecule has 1 amide bonds. The summed E-state index contributed by atoms with van der Waals surface area (Å²) in [5.74, 6) is -1.42. The molecule has 1 aromatic rings. The number of nitrogens with one attached hydrogen (secondary N) is 1. The van der Waals surface area contributed by atoms with Gasteiger partial charge < -0.3 is 10.4 Å². The van der Waals surface area contributed by atoms with Crippen molar-refractivity contribution in [3.63, 3.8) is 0 Å². The smallest absolute Gasteiger partial charge is 0.246 e. The van der Waals surface area contributed by atoms with Crippen molar-refractivity contribution in [2.24, 2.45) is 5.92 Å². The third kappa shape index (κ3) is 4.24. The third-order valence-electron chi connectivity index (χ3n) is 5.20. The molecule has 2 fully saturated rings. The predicted octanol–water partition coefficient (Wildman–Crippen LogP) is 1.65. The molecule has 1 aliphatic heterocycles. The number of benzene rings is 1. The maximum atomic E-state index is 13.9. The summed E-state index contributed by atoms with van der Waals surface area (Å²) in [6.45, 7) is 0.334. The number of piperidine rings is 1. The summed E-state index contributed by atoms with van der Waals surface area (Å²) in [6, 6.07) is 5.23. The number of hydrogen-bond donors (Lipinski definition) is 2. The first-order chi connectivity index (χ1) is 12.4. The van der Waals surface area contributed by atoms with Gasteiger partial charge in [0.25, 0.3) is 0 Å². The number of sulfonamides is 1. The Labute approximate surface area is 153 Å². The first kappa shape index (κ1) is 19.3. The second-order valence-corrected chi connectivity index (χ2v) is 9.06. The lowest BCUT2D eigenvalue weighted by molar-refractivity contribution is -0.127.